The number of hydrogen-bond acceptors (Lipinski definition) is 3. The average molecular weight is 420 g/mol. The van der Waals surface area contributed by atoms with Crippen LogP contribution in [-0.4, -0.2) is 29.0 Å². The fraction of sp³-hybridized carbons (Fsp3) is 0.435. The fourth-order valence-electron chi connectivity index (χ4n) is 3.51. The van der Waals surface area contributed by atoms with Crippen molar-refractivity contribution < 1.29 is 22.7 Å². The monoisotopic (exact) mass is 420 g/mol. The van der Waals surface area contributed by atoms with Gasteiger partial charge in [0.2, 0.25) is 5.91 Å². The smallest absolute Gasteiger partial charge is 0.416 e. The third-order valence-corrected chi connectivity index (χ3v) is 5.43. The van der Waals surface area contributed by atoms with E-state index < -0.39 is 17.3 Å². The minimum Gasteiger partial charge on any atom is -0.491 e. The van der Waals surface area contributed by atoms with Crippen molar-refractivity contribution in [2.24, 2.45) is 0 Å². The minimum absolute atomic E-state index is 0.0629. The van der Waals surface area contributed by atoms with Crippen LogP contribution in [-0.2, 0) is 24.1 Å². The van der Waals surface area contributed by atoms with Crippen LogP contribution < -0.4 is 10.1 Å². The van der Waals surface area contributed by atoms with Crippen molar-refractivity contribution in [2.75, 3.05) is 6.54 Å². The molecule has 1 atom stereocenters. The number of alkyl halides is 3. The third-order valence-electron chi connectivity index (χ3n) is 5.43. The lowest BCUT2D eigenvalue weighted by atomic mass is 9.85. The Labute approximate surface area is 175 Å². The molecule has 30 heavy (non-hydrogen) atoms. The molecular formula is C23H27F3N2O2. The highest BCUT2D eigenvalue weighted by Gasteiger charge is 2.46. The topological polar surface area (TPSA) is 41.6 Å². The molecule has 1 unspecified atom stereocenters. The van der Waals surface area contributed by atoms with Crippen molar-refractivity contribution in [3.63, 3.8) is 0 Å². The lowest BCUT2D eigenvalue weighted by Crippen LogP contribution is -2.65. The van der Waals surface area contributed by atoms with E-state index in [2.05, 4.69) is 10.2 Å². The SMILES string of the molecule is CC(C)Oc1ccc(CN2CCC2(C)C(=O)NCc2cccc(C(F)(F)F)c2)cc1. The van der Waals surface area contributed by atoms with Crippen molar-refractivity contribution in [2.45, 2.75) is 58.1 Å². The molecule has 1 amide bonds. The minimum atomic E-state index is -4.40. The van der Waals surface area contributed by atoms with Crippen LogP contribution in [0.15, 0.2) is 48.5 Å². The maximum absolute atomic E-state index is 12.9. The van der Waals surface area contributed by atoms with Gasteiger partial charge in [0.1, 0.15) is 5.75 Å². The lowest BCUT2D eigenvalue weighted by molar-refractivity contribution is -0.142. The molecule has 0 bridgehead atoms. The van der Waals surface area contributed by atoms with Crippen molar-refractivity contribution in [3.8, 4) is 5.75 Å². The Morgan fingerprint density at radius 1 is 1.17 bits per heavy atom. The van der Waals surface area contributed by atoms with Crippen molar-refractivity contribution in [1.29, 1.82) is 0 Å². The van der Waals surface area contributed by atoms with Crippen LogP contribution >= 0.6 is 0 Å². The van der Waals surface area contributed by atoms with Crippen LogP contribution in [0.5, 0.6) is 5.75 Å². The molecule has 1 heterocycles. The summed E-state index contributed by atoms with van der Waals surface area (Å²) in [6.45, 7) is 7.28. The van der Waals surface area contributed by atoms with Crippen molar-refractivity contribution in [3.05, 3.63) is 65.2 Å². The summed E-state index contributed by atoms with van der Waals surface area (Å²) in [7, 11) is 0. The second-order valence-electron chi connectivity index (χ2n) is 8.14. The van der Waals surface area contributed by atoms with Gasteiger partial charge in [0.15, 0.2) is 0 Å². The molecule has 4 nitrogen and oxygen atoms in total. The third kappa shape index (κ3) is 5.14. The van der Waals surface area contributed by atoms with Gasteiger partial charge >= 0.3 is 6.18 Å². The zero-order valence-electron chi connectivity index (χ0n) is 17.4. The number of likely N-dealkylation sites (tertiary alicyclic amines) is 1. The number of nitrogens with one attached hydrogen (secondary N) is 1. The molecule has 0 spiro atoms. The molecule has 1 fully saturated rings. The van der Waals surface area contributed by atoms with Crippen molar-refractivity contribution >= 4 is 5.91 Å². The molecule has 1 N–H and O–H groups in total. The molecule has 162 valence electrons. The molecule has 0 aliphatic carbocycles. The highest BCUT2D eigenvalue weighted by atomic mass is 19.4. The highest BCUT2D eigenvalue weighted by Crippen LogP contribution is 2.33. The van der Waals surface area contributed by atoms with Crippen LogP contribution in [0.4, 0.5) is 13.2 Å². The van der Waals surface area contributed by atoms with E-state index in [0.29, 0.717) is 18.5 Å². The molecule has 1 aliphatic rings. The Morgan fingerprint density at radius 3 is 2.43 bits per heavy atom. The summed E-state index contributed by atoms with van der Waals surface area (Å²) in [5, 5.41) is 2.80. The van der Waals surface area contributed by atoms with Gasteiger partial charge in [-0.25, -0.2) is 0 Å². The predicted octanol–water partition coefficient (Wildman–Crippen LogP) is 4.77. The van der Waals surface area contributed by atoms with E-state index in [1.807, 2.05) is 45.0 Å². The first-order chi connectivity index (χ1) is 14.1. The Kier molecular flexibility index (Phi) is 6.41. The summed E-state index contributed by atoms with van der Waals surface area (Å²) in [6, 6.07) is 12.8. The quantitative estimate of drug-likeness (QED) is 0.701. The summed E-state index contributed by atoms with van der Waals surface area (Å²) in [5.74, 6) is 0.630. The fourth-order valence-corrected chi connectivity index (χ4v) is 3.51. The van der Waals surface area contributed by atoms with Crippen LogP contribution in [0.2, 0.25) is 0 Å². The average Bonchev–Trinajstić information content (AvgIpc) is 2.69. The zero-order valence-corrected chi connectivity index (χ0v) is 17.4. The molecule has 0 radical (unpaired) electrons. The summed E-state index contributed by atoms with van der Waals surface area (Å²) in [4.78, 5) is 14.9. The number of amides is 1. The van der Waals surface area contributed by atoms with Gasteiger partial charge in [-0.2, -0.15) is 13.2 Å². The van der Waals surface area contributed by atoms with E-state index in [9.17, 15) is 18.0 Å². The van der Waals surface area contributed by atoms with Gasteiger partial charge < -0.3 is 10.1 Å². The Bertz CT molecular complexity index is 881. The zero-order chi connectivity index (χ0) is 21.9. The lowest BCUT2D eigenvalue weighted by Gasteiger charge is -2.49. The van der Waals surface area contributed by atoms with E-state index in [1.165, 1.54) is 6.07 Å². The number of carbonyl (C=O) groups excluding carboxylic acids is 1. The van der Waals surface area contributed by atoms with E-state index >= 15 is 0 Å². The summed E-state index contributed by atoms with van der Waals surface area (Å²) < 4.78 is 44.2. The Balaban J connectivity index is 1.58. The van der Waals surface area contributed by atoms with Gasteiger partial charge in [-0.05, 0) is 62.6 Å². The van der Waals surface area contributed by atoms with E-state index in [0.717, 1.165) is 30.0 Å². The maximum Gasteiger partial charge on any atom is 0.416 e. The molecule has 1 aliphatic heterocycles. The molecule has 1 saturated heterocycles. The van der Waals surface area contributed by atoms with Gasteiger partial charge in [0.25, 0.3) is 0 Å². The first-order valence-electron chi connectivity index (χ1n) is 10.0. The number of carbonyl (C=O) groups is 1. The molecule has 3 rings (SSSR count). The van der Waals surface area contributed by atoms with Crippen molar-refractivity contribution in [1.82, 2.24) is 10.2 Å². The summed E-state index contributed by atoms with van der Waals surface area (Å²) in [5.41, 5.74) is 0.112. The number of hydrogen-bond donors (Lipinski definition) is 1. The molecule has 2 aromatic rings. The number of benzene rings is 2. The number of rotatable bonds is 7. The summed E-state index contributed by atoms with van der Waals surface area (Å²) >= 11 is 0. The Morgan fingerprint density at radius 2 is 1.87 bits per heavy atom. The molecular weight excluding hydrogens is 393 g/mol. The van der Waals surface area contributed by atoms with E-state index in [1.54, 1.807) is 6.07 Å². The summed E-state index contributed by atoms with van der Waals surface area (Å²) in [6.07, 6.45) is -3.59. The Hall–Kier alpha value is -2.54. The van der Waals surface area contributed by atoms with Crippen LogP contribution in [0.25, 0.3) is 0 Å². The van der Waals surface area contributed by atoms with Gasteiger partial charge in [-0.3, -0.25) is 9.69 Å². The standard InChI is InChI=1S/C23H27F3N2O2/c1-16(2)30-20-9-7-17(8-10-20)15-28-12-11-22(28,3)21(29)27-14-18-5-4-6-19(13-18)23(24,25)26/h4-10,13,16H,11-12,14-15H2,1-3H3,(H,27,29). The molecule has 0 saturated carbocycles. The van der Waals surface area contributed by atoms with Crippen LogP contribution in [0.1, 0.15) is 43.9 Å². The molecule has 0 aromatic heterocycles. The number of ether oxygens (including phenoxy) is 1. The maximum atomic E-state index is 12.9. The van der Waals surface area contributed by atoms with Gasteiger partial charge in [0, 0.05) is 19.6 Å². The van der Waals surface area contributed by atoms with Crippen LogP contribution in [0.3, 0.4) is 0 Å². The van der Waals surface area contributed by atoms with E-state index in [-0.39, 0.29) is 18.6 Å². The van der Waals surface area contributed by atoms with Crippen LogP contribution in [0, 0.1) is 0 Å². The van der Waals surface area contributed by atoms with Gasteiger partial charge in [-0.1, -0.05) is 24.3 Å². The normalized spacial score (nSPS) is 19.4. The first-order valence-corrected chi connectivity index (χ1v) is 10.0. The molecule has 7 heteroatoms. The first kappa shape index (κ1) is 22.2. The number of nitrogens with zero attached hydrogens (tertiary/aromatic N) is 1. The molecule has 2 aromatic carbocycles. The second kappa shape index (κ2) is 8.68. The van der Waals surface area contributed by atoms with Gasteiger partial charge in [-0.15, -0.1) is 0 Å². The van der Waals surface area contributed by atoms with E-state index in [4.69, 9.17) is 4.74 Å². The highest BCUT2D eigenvalue weighted by molar-refractivity contribution is 5.86. The van der Waals surface area contributed by atoms with Gasteiger partial charge in [0.05, 0.1) is 17.2 Å². The number of halogens is 3. The predicted molar refractivity (Wildman–Crippen MR) is 109 cm³/mol. The largest absolute Gasteiger partial charge is 0.491 e. The second-order valence-corrected chi connectivity index (χ2v) is 8.14.